The van der Waals surface area contributed by atoms with E-state index in [-0.39, 0.29) is 17.9 Å². The second-order valence-electron chi connectivity index (χ2n) is 8.35. The van der Waals surface area contributed by atoms with Crippen LogP contribution in [0.2, 0.25) is 0 Å². The lowest BCUT2D eigenvalue weighted by atomic mass is 9.54. The number of amides is 1. The smallest absolute Gasteiger partial charge is 0.272 e. The maximum absolute atomic E-state index is 13.2. The molecule has 1 unspecified atom stereocenters. The minimum atomic E-state index is -0.209. The van der Waals surface area contributed by atoms with Gasteiger partial charge in [-0.3, -0.25) is 9.59 Å². The van der Waals surface area contributed by atoms with Crippen molar-refractivity contribution in [3.05, 3.63) is 40.3 Å². The van der Waals surface area contributed by atoms with Gasteiger partial charge in [0.05, 0.1) is 17.5 Å². The highest BCUT2D eigenvalue weighted by molar-refractivity contribution is 5.88. The van der Waals surface area contributed by atoms with Crippen LogP contribution in [0.3, 0.4) is 0 Å². The van der Waals surface area contributed by atoms with Crippen molar-refractivity contribution in [2.45, 2.75) is 44.6 Å². The number of hydrogen-bond donors (Lipinski definition) is 1. The normalized spacial score (nSPS) is 24.6. The van der Waals surface area contributed by atoms with Crippen LogP contribution in [-0.2, 0) is 16.0 Å². The van der Waals surface area contributed by atoms with Gasteiger partial charge in [-0.2, -0.15) is 5.10 Å². The maximum Gasteiger partial charge on any atom is 0.272 e. The number of H-pyrrole nitrogens is 1. The second kappa shape index (κ2) is 6.44. The Hall–Kier alpha value is -2.21. The Morgan fingerprint density at radius 1 is 1.22 bits per heavy atom. The van der Waals surface area contributed by atoms with Crippen molar-refractivity contribution < 1.29 is 9.53 Å². The topological polar surface area (TPSA) is 75.3 Å². The van der Waals surface area contributed by atoms with Gasteiger partial charge in [0, 0.05) is 36.6 Å². The van der Waals surface area contributed by atoms with Gasteiger partial charge in [0.2, 0.25) is 5.91 Å². The number of aromatic amines is 1. The predicted octanol–water partition coefficient (Wildman–Crippen LogP) is 2.27. The van der Waals surface area contributed by atoms with Crippen molar-refractivity contribution in [2.24, 2.45) is 11.3 Å². The number of carbonyl (C=O) groups is 1. The molecule has 3 fully saturated rings. The van der Waals surface area contributed by atoms with E-state index in [1.54, 1.807) is 6.07 Å². The van der Waals surface area contributed by atoms with Gasteiger partial charge >= 0.3 is 0 Å². The molecule has 1 aromatic carbocycles. The van der Waals surface area contributed by atoms with E-state index >= 15 is 0 Å². The number of benzene rings is 1. The van der Waals surface area contributed by atoms with Crippen LogP contribution < -0.4 is 5.56 Å². The molecule has 2 aromatic rings. The Morgan fingerprint density at radius 3 is 2.67 bits per heavy atom. The molecule has 3 heterocycles. The van der Waals surface area contributed by atoms with Crippen LogP contribution in [0, 0.1) is 11.3 Å². The molecular weight excluding hydrogens is 342 g/mol. The fourth-order valence-electron chi connectivity index (χ4n) is 5.41. The van der Waals surface area contributed by atoms with Gasteiger partial charge in [0.25, 0.3) is 5.56 Å². The van der Waals surface area contributed by atoms with Crippen LogP contribution in [0.15, 0.2) is 29.1 Å². The molecule has 3 aliphatic rings. The Morgan fingerprint density at radius 2 is 1.96 bits per heavy atom. The first-order chi connectivity index (χ1) is 13.2. The SMILES string of the molecule is O=C(Cc1n[nH]c(=O)c2ccccc12)N1CC2(CCC2)C1C1CCOCC1. The van der Waals surface area contributed by atoms with E-state index in [9.17, 15) is 9.59 Å². The van der Waals surface area contributed by atoms with E-state index < -0.39 is 0 Å². The van der Waals surface area contributed by atoms with E-state index in [0.29, 0.717) is 28.5 Å². The van der Waals surface area contributed by atoms with Crippen molar-refractivity contribution >= 4 is 16.7 Å². The van der Waals surface area contributed by atoms with Gasteiger partial charge in [-0.1, -0.05) is 24.6 Å². The first-order valence-electron chi connectivity index (χ1n) is 10.0. The molecule has 5 rings (SSSR count). The fourth-order valence-corrected chi connectivity index (χ4v) is 5.41. The number of carbonyl (C=O) groups excluding carboxylic acids is 1. The van der Waals surface area contributed by atoms with Crippen LogP contribution in [0.4, 0.5) is 0 Å². The zero-order valence-electron chi connectivity index (χ0n) is 15.4. The fraction of sp³-hybridized carbons (Fsp3) is 0.571. The Balaban J connectivity index is 1.39. The second-order valence-corrected chi connectivity index (χ2v) is 8.35. The van der Waals surface area contributed by atoms with Gasteiger partial charge in [-0.15, -0.1) is 0 Å². The highest BCUT2D eigenvalue weighted by Gasteiger charge is 2.59. The molecule has 6 nitrogen and oxygen atoms in total. The summed E-state index contributed by atoms with van der Waals surface area (Å²) in [6, 6.07) is 7.73. The summed E-state index contributed by atoms with van der Waals surface area (Å²) in [5.41, 5.74) is 0.813. The summed E-state index contributed by atoms with van der Waals surface area (Å²) in [5, 5.41) is 8.10. The number of fused-ring (bicyclic) bond motifs is 1. The molecule has 1 aromatic heterocycles. The zero-order valence-corrected chi connectivity index (χ0v) is 15.4. The van der Waals surface area contributed by atoms with Gasteiger partial charge in [-0.05, 0) is 37.7 Å². The van der Waals surface area contributed by atoms with Gasteiger partial charge in [0.15, 0.2) is 0 Å². The Bertz CT molecular complexity index is 928. The first kappa shape index (κ1) is 16.9. The lowest BCUT2D eigenvalue weighted by Crippen LogP contribution is -2.71. The summed E-state index contributed by atoms with van der Waals surface area (Å²) in [5.74, 6) is 0.686. The quantitative estimate of drug-likeness (QED) is 0.903. The summed E-state index contributed by atoms with van der Waals surface area (Å²) < 4.78 is 5.54. The minimum Gasteiger partial charge on any atom is -0.381 e. The summed E-state index contributed by atoms with van der Waals surface area (Å²) in [4.78, 5) is 27.2. The minimum absolute atomic E-state index is 0.133. The van der Waals surface area contributed by atoms with Crippen LogP contribution in [0.1, 0.15) is 37.8 Å². The summed E-state index contributed by atoms with van der Waals surface area (Å²) in [6.07, 6.45) is 6.13. The van der Waals surface area contributed by atoms with Crippen molar-refractivity contribution in [3.8, 4) is 0 Å². The molecule has 1 N–H and O–H groups in total. The molecule has 142 valence electrons. The largest absolute Gasteiger partial charge is 0.381 e. The maximum atomic E-state index is 13.2. The third-order valence-electron chi connectivity index (χ3n) is 6.92. The van der Waals surface area contributed by atoms with Crippen LogP contribution in [0.5, 0.6) is 0 Å². The molecule has 1 atom stereocenters. The number of nitrogens with one attached hydrogen (secondary N) is 1. The molecule has 0 bridgehead atoms. The number of aromatic nitrogens is 2. The van der Waals surface area contributed by atoms with Gasteiger partial charge in [0.1, 0.15) is 0 Å². The monoisotopic (exact) mass is 367 g/mol. The van der Waals surface area contributed by atoms with Gasteiger partial charge < -0.3 is 9.64 Å². The van der Waals surface area contributed by atoms with Crippen molar-refractivity contribution in [3.63, 3.8) is 0 Å². The van der Waals surface area contributed by atoms with Crippen molar-refractivity contribution in [1.82, 2.24) is 15.1 Å². The molecule has 0 radical (unpaired) electrons. The Kier molecular flexibility index (Phi) is 4.04. The average Bonchev–Trinajstić information content (AvgIpc) is 2.63. The lowest BCUT2D eigenvalue weighted by Gasteiger charge is -2.65. The number of hydrogen-bond acceptors (Lipinski definition) is 4. The van der Waals surface area contributed by atoms with E-state index in [1.807, 2.05) is 18.2 Å². The standard InChI is InChI=1S/C21H25N3O3/c25-18(12-17-15-4-1-2-5-16(15)20(26)23-22-17)24-13-21(8-3-9-21)19(24)14-6-10-27-11-7-14/h1-2,4-5,14,19H,3,6-13H2,(H,23,26). The van der Waals surface area contributed by atoms with Crippen molar-refractivity contribution in [1.29, 1.82) is 0 Å². The molecule has 1 amide bonds. The van der Waals surface area contributed by atoms with Gasteiger partial charge in [-0.25, -0.2) is 5.10 Å². The van der Waals surface area contributed by atoms with E-state index in [2.05, 4.69) is 15.1 Å². The summed E-state index contributed by atoms with van der Waals surface area (Å²) >= 11 is 0. The number of ether oxygens (including phenoxy) is 1. The van der Waals surface area contributed by atoms with Crippen LogP contribution in [-0.4, -0.2) is 46.8 Å². The van der Waals surface area contributed by atoms with Crippen LogP contribution >= 0.6 is 0 Å². The summed E-state index contributed by atoms with van der Waals surface area (Å²) in [7, 11) is 0. The highest BCUT2D eigenvalue weighted by Crippen LogP contribution is 2.56. The third kappa shape index (κ3) is 2.69. The highest BCUT2D eigenvalue weighted by atomic mass is 16.5. The number of likely N-dealkylation sites (tertiary alicyclic amines) is 1. The zero-order chi connectivity index (χ0) is 18.4. The summed E-state index contributed by atoms with van der Waals surface area (Å²) in [6.45, 7) is 2.51. The van der Waals surface area contributed by atoms with Crippen LogP contribution in [0.25, 0.3) is 10.8 Å². The first-order valence-corrected chi connectivity index (χ1v) is 10.0. The van der Waals surface area contributed by atoms with E-state index in [0.717, 1.165) is 38.0 Å². The molecule has 2 aliphatic heterocycles. The molecule has 27 heavy (non-hydrogen) atoms. The molecule has 2 saturated heterocycles. The van der Waals surface area contributed by atoms with E-state index in [4.69, 9.17) is 4.74 Å². The molecular formula is C21H25N3O3. The number of rotatable bonds is 3. The van der Waals surface area contributed by atoms with E-state index in [1.165, 1.54) is 19.3 Å². The predicted molar refractivity (Wildman–Crippen MR) is 101 cm³/mol. The molecule has 1 aliphatic carbocycles. The van der Waals surface area contributed by atoms with Crippen molar-refractivity contribution in [2.75, 3.05) is 19.8 Å². The Labute approximate surface area is 157 Å². The third-order valence-corrected chi connectivity index (χ3v) is 6.92. The molecule has 6 heteroatoms. The molecule has 1 saturated carbocycles. The lowest BCUT2D eigenvalue weighted by molar-refractivity contribution is -0.182. The number of nitrogens with zero attached hydrogens (tertiary/aromatic N) is 2. The molecule has 1 spiro atoms. The average molecular weight is 367 g/mol.